The fourth-order valence-corrected chi connectivity index (χ4v) is 4.51. The van der Waals surface area contributed by atoms with Gasteiger partial charge >= 0.3 is 12.3 Å². The highest BCUT2D eigenvalue weighted by Crippen LogP contribution is 2.30. The number of hydrogen-bond acceptors (Lipinski definition) is 6. The van der Waals surface area contributed by atoms with Crippen LogP contribution in [0.5, 0.6) is 5.75 Å². The maximum absolute atomic E-state index is 13.6. The number of ether oxygens (including phenoxy) is 2. The van der Waals surface area contributed by atoms with Gasteiger partial charge in [-0.1, -0.05) is 12.1 Å². The van der Waals surface area contributed by atoms with Crippen LogP contribution in [0.15, 0.2) is 72.8 Å². The van der Waals surface area contributed by atoms with Crippen LogP contribution in [0.4, 0.5) is 28.9 Å². The van der Waals surface area contributed by atoms with Crippen molar-refractivity contribution < 1.29 is 41.4 Å². The SMILES string of the molecule is CCOC(=O)c1ccc(N2C(=O)[C@@H](CC(=O)Nc3ccc(F)cc3)N(Cc3ccc(OC(F)(F)F)cc3)C2=S)cc1. The summed E-state index contributed by atoms with van der Waals surface area (Å²) in [6.45, 7) is 1.85. The van der Waals surface area contributed by atoms with Crippen LogP contribution in [0, 0.1) is 5.82 Å². The first-order valence-electron chi connectivity index (χ1n) is 12.3. The minimum atomic E-state index is -4.85. The first-order valence-corrected chi connectivity index (χ1v) is 12.7. The first-order chi connectivity index (χ1) is 19.4. The molecule has 0 unspecified atom stereocenters. The molecule has 1 heterocycles. The largest absolute Gasteiger partial charge is 0.573 e. The maximum atomic E-state index is 13.6. The highest BCUT2D eigenvalue weighted by atomic mass is 32.1. The lowest BCUT2D eigenvalue weighted by Gasteiger charge is -2.24. The summed E-state index contributed by atoms with van der Waals surface area (Å²) in [6, 6.07) is 15.0. The Hall–Kier alpha value is -4.52. The number of amides is 2. The zero-order valence-corrected chi connectivity index (χ0v) is 22.3. The van der Waals surface area contributed by atoms with E-state index in [0.29, 0.717) is 16.9 Å². The average Bonchev–Trinajstić information content (AvgIpc) is 3.14. The van der Waals surface area contributed by atoms with E-state index in [9.17, 15) is 31.9 Å². The van der Waals surface area contributed by atoms with E-state index in [1.165, 1.54) is 70.5 Å². The predicted octanol–water partition coefficient (Wildman–Crippen LogP) is 5.43. The number of carbonyl (C=O) groups is 3. The summed E-state index contributed by atoms with van der Waals surface area (Å²) >= 11 is 5.61. The van der Waals surface area contributed by atoms with Crippen LogP contribution in [-0.4, -0.2) is 46.8 Å². The van der Waals surface area contributed by atoms with Gasteiger partial charge in [0, 0.05) is 12.2 Å². The van der Waals surface area contributed by atoms with E-state index in [-0.39, 0.29) is 30.2 Å². The molecule has 3 aromatic carbocycles. The Kier molecular flexibility index (Phi) is 8.86. The smallest absolute Gasteiger partial charge is 0.462 e. The summed E-state index contributed by atoms with van der Waals surface area (Å²) in [5, 5.41) is 2.66. The van der Waals surface area contributed by atoms with Crippen LogP contribution >= 0.6 is 12.2 Å². The molecule has 0 saturated carbocycles. The molecule has 41 heavy (non-hydrogen) atoms. The standard InChI is InChI=1S/C28H23F4N3O5S/c1-2-39-26(38)18-5-11-21(12-6-18)35-25(37)23(15-24(36)33-20-9-7-19(29)8-10-20)34(27(35)41)16-17-3-13-22(14-4-17)40-28(30,31)32/h3-14,23H,2,15-16H2,1H3,(H,33,36)/t23-/m1/s1. The number of hydrogen-bond donors (Lipinski definition) is 1. The van der Waals surface area contributed by atoms with E-state index < -0.39 is 41.8 Å². The number of alkyl halides is 3. The number of anilines is 2. The summed E-state index contributed by atoms with van der Waals surface area (Å²) in [5.41, 5.74) is 1.43. The summed E-state index contributed by atoms with van der Waals surface area (Å²) in [5.74, 6) is -2.51. The van der Waals surface area contributed by atoms with Gasteiger partial charge in [-0.15, -0.1) is 13.2 Å². The molecule has 1 fully saturated rings. The van der Waals surface area contributed by atoms with E-state index in [1.807, 2.05) is 0 Å². The molecule has 3 aromatic rings. The third kappa shape index (κ3) is 7.37. The summed E-state index contributed by atoms with van der Waals surface area (Å²) in [7, 11) is 0. The zero-order chi connectivity index (χ0) is 29.7. The van der Waals surface area contributed by atoms with Gasteiger partial charge in [0.2, 0.25) is 5.91 Å². The van der Waals surface area contributed by atoms with Crippen LogP contribution in [0.3, 0.4) is 0 Å². The Morgan fingerprint density at radius 1 is 0.976 bits per heavy atom. The van der Waals surface area contributed by atoms with Gasteiger partial charge in [0.1, 0.15) is 17.6 Å². The monoisotopic (exact) mass is 589 g/mol. The van der Waals surface area contributed by atoms with Gasteiger partial charge < -0.3 is 19.7 Å². The molecule has 1 saturated heterocycles. The van der Waals surface area contributed by atoms with Gasteiger partial charge in [-0.05, 0) is 85.4 Å². The van der Waals surface area contributed by atoms with Crippen molar-refractivity contribution in [3.05, 3.63) is 89.7 Å². The summed E-state index contributed by atoms with van der Waals surface area (Å²) in [6.07, 6.45) is -5.18. The molecule has 0 aliphatic carbocycles. The highest BCUT2D eigenvalue weighted by molar-refractivity contribution is 7.80. The van der Waals surface area contributed by atoms with E-state index in [0.717, 1.165) is 12.1 Å². The fraction of sp³-hybridized carbons (Fsp3) is 0.214. The van der Waals surface area contributed by atoms with Crippen molar-refractivity contribution in [1.82, 2.24) is 4.90 Å². The van der Waals surface area contributed by atoms with Gasteiger partial charge in [-0.3, -0.25) is 14.5 Å². The van der Waals surface area contributed by atoms with Crippen molar-refractivity contribution in [2.75, 3.05) is 16.8 Å². The van der Waals surface area contributed by atoms with Gasteiger partial charge in [-0.25, -0.2) is 9.18 Å². The van der Waals surface area contributed by atoms with Crippen molar-refractivity contribution in [2.24, 2.45) is 0 Å². The van der Waals surface area contributed by atoms with E-state index in [4.69, 9.17) is 17.0 Å². The molecule has 1 aliphatic rings. The van der Waals surface area contributed by atoms with Crippen LogP contribution in [-0.2, 0) is 20.9 Å². The normalized spacial score (nSPS) is 15.2. The lowest BCUT2D eigenvalue weighted by Crippen LogP contribution is -2.37. The Balaban J connectivity index is 1.58. The molecule has 214 valence electrons. The van der Waals surface area contributed by atoms with Crippen LogP contribution in [0.2, 0.25) is 0 Å². The molecule has 13 heteroatoms. The lowest BCUT2D eigenvalue weighted by atomic mass is 10.1. The van der Waals surface area contributed by atoms with Crippen LogP contribution in [0.1, 0.15) is 29.3 Å². The lowest BCUT2D eigenvalue weighted by molar-refractivity contribution is -0.274. The number of nitrogens with one attached hydrogen (secondary N) is 1. The number of nitrogens with zero attached hydrogens (tertiary/aromatic N) is 2. The summed E-state index contributed by atoms with van der Waals surface area (Å²) < 4.78 is 59.8. The minimum Gasteiger partial charge on any atom is -0.462 e. The average molecular weight is 590 g/mol. The molecular weight excluding hydrogens is 566 g/mol. The predicted molar refractivity (Wildman–Crippen MR) is 145 cm³/mol. The minimum absolute atomic E-state index is 0.0111. The third-order valence-electron chi connectivity index (χ3n) is 5.97. The molecule has 0 bridgehead atoms. The van der Waals surface area contributed by atoms with Crippen molar-refractivity contribution in [3.63, 3.8) is 0 Å². The second-order valence-corrected chi connectivity index (χ2v) is 9.18. The Morgan fingerprint density at radius 2 is 1.61 bits per heavy atom. The molecule has 0 spiro atoms. The van der Waals surface area contributed by atoms with Gasteiger partial charge in [-0.2, -0.15) is 0 Å². The van der Waals surface area contributed by atoms with Crippen molar-refractivity contribution in [3.8, 4) is 5.75 Å². The van der Waals surface area contributed by atoms with Crippen molar-refractivity contribution in [1.29, 1.82) is 0 Å². The summed E-state index contributed by atoms with van der Waals surface area (Å²) in [4.78, 5) is 41.2. The van der Waals surface area contributed by atoms with Gasteiger partial charge in [0.25, 0.3) is 5.91 Å². The van der Waals surface area contributed by atoms with Crippen molar-refractivity contribution >= 4 is 46.5 Å². The van der Waals surface area contributed by atoms with E-state index >= 15 is 0 Å². The van der Waals surface area contributed by atoms with Gasteiger partial charge in [0.15, 0.2) is 5.11 Å². The number of halogens is 4. The number of benzene rings is 3. The van der Waals surface area contributed by atoms with Crippen LogP contribution < -0.4 is 15.0 Å². The van der Waals surface area contributed by atoms with E-state index in [2.05, 4.69) is 10.1 Å². The molecule has 1 atom stereocenters. The number of rotatable bonds is 9. The maximum Gasteiger partial charge on any atom is 0.573 e. The molecule has 1 N–H and O–H groups in total. The molecule has 0 radical (unpaired) electrons. The van der Waals surface area contributed by atoms with Gasteiger partial charge in [0.05, 0.1) is 24.3 Å². The highest BCUT2D eigenvalue weighted by Gasteiger charge is 2.44. The molecule has 1 aliphatic heterocycles. The fourth-order valence-electron chi connectivity index (χ4n) is 4.13. The van der Waals surface area contributed by atoms with Crippen LogP contribution in [0.25, 0.3) is 0 Å². The quantitative estimate of drug-likeness (QED) is 0.202. The number of thiocarbonyl (C=S) groups is 1. The molecule has 8 nitrogen and oxygen atoms in total. The Morgan fingerprint density at radius 3 is 2.20 bits per heavy atom. The second-order valence-electron chi connectivity index (χ2n) is 8.82. The third-order valence-corrected chi connectivity index (χ3v) is 6.39. The van der Waals surface area contributed by atoms with E-state index in [1.54, 1.807) is 6.92 Å². The topological polar surface area (TPSA) is 88.2 Å². The van der Waals surface area contributed by atoms with Crippen molar-refractivity contribution in [2.45, 2.75) is 32.3 Å². The molecule has 2 amide bonds. The Labute approximate surface area is 237 Å². The second kappa shape index (κ2) is 12.3. The first kappa shape index (κ1) is 29.5. The molecule has 4 rings (SSSR count). The molecule has 0 aromatic heterocycles. The molecular formula is C28H23F4N3O5S. The number of carbonyl (C=O) groups excluding carboxylic acids is 3. The number of esters is 1. The Bertz CT molecular complexity index is 1430. The zero-order valence-electron chi connectivity index (χ0n) is 21.5.